The molecule has 0 amide bonds. The number of halogens is 6. The normalized spacial score (nSPS) is 14.1. The molecule has 0 saturated carbocycles. The molecule has 2 aromatic carbocycles. The van der Waals surface area contributed by atoms with Gasteiger partial charge in [-0.15, -0.1) is 0 Å². The summed E-state index contributed by atoms with van der Waals surface area (Å²) >= 11 is 0. The highest BCUT2D eigenvalue weighted by Crippen LogP contribution is 2.40. The summed E-state index contributed by atoms with van der Waals surface area (Å²) in [6.45, 7) is -0.0221. The van der Waals surface area contributed by atoms with Crippen molar-refractivity contribution in [3.05, 3.63) is 70.9 Å². The van der Waals surface area contributed by atoms with E-state index in [0.29, 0.717) is 23.0 Å². The third-order valence-electron chi connectivity index (χ3n) is 5.64. The Morgan fingerprint density at radius 3 is 2.22 bits per heavy atom. The van der Waals surface area contributed by atoms with E-state index in [1.807, 2.05) is 0 Å². The lowest BCUT2D eigenvalue weighted by Crippen LogP contribution is -2.26. The molecule has 0 unspecified atom stereocenters. The van der Waals surface area contributed by atoms with Crippen LogP contribution in [0.25, 0.3) is 0 Å². The van der Waals surface area contributed by atoms with Crippen LogP contribution in [0.15, 0.2) is 48.7 Å². The summed E-state index contributed by atoms with van der Waals surface area (Å²) in [5.74, 6) is -0.696. The summed E-state index contributed by atoms with van der Waals surface area (Å²) in [5.41, 5.74) is -0.335. The molecule has 1 aliphatic rings. The van der Waals surface area contributed by atoms with Crippen LogP contribution in [0.1, 0.15) is 22.3 Å². The Morgan fingerprint density at radius 2 is 1.64 bits per heavy atom. The summed E-state index contributed by atoms with van der Waals surface area (Å²) in [6.07, 6.45) is -7.71. The summed E-state index contributed by atoms with van der Waals surface area (Å²) in [7, 11) is -2.26. The molecule has 0 fully saturated rings. The number of hydrogen-bond donors (Lipinski definition) is 1. The number of rotatable bonds is 5. The molecule has 0 spiro atoms. The number of fused-ring (bicyclic) bond motifs is 1. The first-order chi connectivity index (χ1) is 16.6. The quantitative estimate of drug-likeness (QED) is 0.458. The zero-order valence-electron chi connectivity index (χ0n) is 18.8. The molecule has 0 aliphatic carbocycles. The summed E-state index contributed by atoms with van der Waals surface area (Å²) < 4.78 is 105. The minimum Gasteiger partial charge on any atom is -0.347 e. The van der Waals surface area contributed by atoms with Crippen molar-refractivity contribution >= 4 is 33.2 Å². The van der Waals surface area contributed by atoms with E-state index in [-0.39, 0.29) is 24.7 Å². The molecule has 0 radical (unpaired) electrons. The molecule has 4 rings (SSSR count). The van der Waals surface area contributed by atoms with Gasteiger partial charge in [-0.2, -0.15) is 31.3 Å². The molecular formula is C22H19F6N5O2S. The van der Waals surface area contributed by atoms with E-state index in [1.54, 1.807) is 18.2 Å². The van der Waals surface area contributed by atoms with Crippen LogP contribution >= 0.6 is 0 Å². The lowest BCUT2D eigenvalue weighted by Gasteiger charge is -2.23. The van der Waals surface area contributed by atoms with Crippen molar-refractivity contribution in [1.29, 1.82) is 0 Å². The molecule has 14 heteroatoms. The van der Waals surface area contributed by atoms with Crippen LogP contribution in [0.2, 0.25) is 0 Å². The minimum atomic E-state index is -4.79. The van der Waals surface area contributed by atoms with Gasteiger partial charge in [0.25, 0.3) is 0 Å². The molecule has 192 valence electrons. The number of aromatic nitrogens is 2. The lowest BCUT2D eigenvalue weighted by molar-refractivity contribution is -0.138. The highest BCUT2D eigenvalue weighted by Gasteiger charge is 2.38. The molecule has 0 bridgehead atoms. The summed E-state index contributed by atoms with van der Waals surface area (Å²) in [4.78, 5) is 9.06. The third kappa shape index (κ3) is 5.17. The molecule has 1 aliphatic heterocycles. The Hall–Kier alpha value is -3.55. The molecule has 1 N–H and O–H groups in total. The number of benzene rings is 2. The predicted octanol–water partition coefficient (Wildman–Crippen LogP) is 5.17. The van der Waals surface area contributed by atoms with Gasteiger partial charge in [-0.1, -0.05) is 12.1 Å². The third-order valence-corrected chi connectivity index (χ3v) is 6.83. The smallest absolute Gasteiger partial charge is 0.347 e. The second-order valence-corrected chi connectivity index (χ2v) is 10.1. The maximum atomic E-state index is 13.8. The van der Waals surface area contributed by atoms with E-state index in [1.165, 1.54) is 11.9 Å². The van der Waals surface area contributed by atoms with Gasteiger partial charge < -0.3 is 10.2 Å². The van der Waals surface area contributed by atoms with Gasteiger partial charge in [0.05, 0.1) is 17.5 Å². The summed E-state index contributed by atoms with van der Waals surface area (Å²) in [5, 5.41) is 2.62. The first kappa shape index (κ1) is 25.5. The monoisotopic (exact) mass is 531 g/mol. The number of hydrogen-bond acceptors (Lipinski definition) is 6. The van der Waals surface area contributed by atoms with Crippen molar-refractivity contribution < 1.29 is 34.8 Å². The minimum absolute atomic E-state index is 0.0284. The van der Waals surface area contributed by atoms with E-state index in [9.17, 15) is 34.8 Å². The molecule has 3 aromatic rings. The summed E-state index contributed by atoms with van der Waals surface area (Å²) in [6, 6.07) is 8.73. The van der Waals surface area contributed by atoms with Gasteiger partial charge in [0.15, 0.2) is 0 Å². The van der Waals surface area contributed by atoms with Crippen molar-refractivity contribution in [1.82, 2.24) is 9.97 Å². The fourth-order valence-corrected chi connectivity index (χ4v) is 4.30. The van der Waals surface area contributed by atoms with E-state index >= 15 is 0 Å². The Bertz CT molecular complexity index is 1390. The van der Waals surface area contributed by atoms with Crippen LogP contribution in [0.4, 0.5) is 49.5 Å². The van der Waals surface area contributed by atoms with Gasteiger partial charge in [0.2, 0.25) is 16.0 Å². The Kier molecular flexibility index (Phi) is 6.27. The SMILES string of the molecule is CN(c1cccc2c1CN(c1nc(Nc3ccc(C(F)(F)F)cc3)ncc1C(F)(F)F)C2)S(C)(=O)=O. The second kappa shape index (κ2) is 8.84. The fourth-order valence-electron chi connectivity index (χ4n) is 3.77. The predicted molar refractivity (Wildman–Crippen MR) is 121 cm³/mol. The van der Waals surface area contributed by atoms with Crippen LogP contribution in [0, 0.1) is 0 Å². The van der Waals surface area contributed by atoms with E-state index in [0.717, 1.165) is 34.8 Å². The van der Waals surface area contributed by atoms with Crippen molar-refractivity contribution in [3.63, 3.8) is 0 Å². The highest BCUT2D eigenvalue weighted by atomic mass is 32.2. The van der Waals surface area contributed by atoms with Gasteiger partial charge in [-0.3, -0.25) is 4.31 Å². The Balaban J connectivity index is 1.68. The molecular weight excluding hydrogens is 512 g/mol. The van der Waals surface area contributed by atoms with Crippen molar-refractivity contribution in [2.45, 2.75) is 25.4 Å². The number of alkyl halides is 6. The highest BCUT2D eigenvalue weighted by molar-refractivity contribution is 7.92. The Labute approximate surface area is 202 Å². The van der Waals surface area contributed by atoms with Gasteiger partial charge in [0, 0.05) is 37.6 Å². The van der Waals surface area contributed by atoms with Crippen molar-refractivity contribution in [2.75, 3.05) is 27.8 Å². The van der Waals surface area contributed by atoms with E-state index in [2.05, 4.69) is 15.3 Å². The Morgan fingerprint density at radius 1 is 0.972 bits per heavy atom. The van der Waals surface area contributed by atoms with Crippen LogP contribution in [-0.4, -0.2) is 31.7 Å². The average Bonchev–Trinajstić information content (AvgIpc) is 3.21. The largest absolute Gasteiger partial charge is 0.421 e. The molecule has 1 aromatic heterocycles. The molecule has 36 heavy (non-hydrogen) atoms. The number of nitrogens with zero attached hydrogens (tertiary/aromatic N) is 4. The zero-order chi connectivity index (χ0) is 26.5. The number of sulfonamides is 1. The van der Waals surface area contributed by atoms with Gasteiger partial charge in [-0.05, 0) is 35.9 Å². The molecule has 7 nitrogen and oxygen atoms in total. The second-order valence-electron chi connectivity index (χ2n) is 8.13. The maximum absolute atomic E-state index is 13.8. The first-order valence-corrected chi connectivity index (χ1v) is 12.2. The molecule has 0 atom stereocenters. The fraction of sp³-hybridized carbons (Fsp3) is 0.273. The maximum Gasteiger partial charge on any atom is 0.421 e. The van der Waals surface area contributed by atoms with E-state index < -0.39 is 39.3 Å². The van der Waals surface area contributed by atoms with Gasteiger partial charge >= 0.3 is 12.4 Å². The van der Waals surface area contributed by atoms with E-state index in [4.69, 9.17) is 0 Å². The van der Waals surface area contributed by atoms with Crippen LogP contribution in [0.5, 0.6) is 0 Å². The van der Waals surface area contributed by atoms with Gasteiger partial charge in [0.1, 0.15) is 11.4 Å². The van der Waals surface area contributed by atoms with Crippen molar-refractivity contribution in [2.24, 2.45) is 0 Å². The van der Waals surface area contributed by atoms with Crippen LogP contribution in [0.3, 0.4) is 0 Å². The lowest BCUT2D eigenvalue weighted by atomic mass is 10.1. The molecule has 0 saturated heterocycles. The number of nitrogens with one attached hydrogen (secondary N) is 1. The molecule has 2 heterocycles. The van der Waals surface area contributed by atoms with Crippen LogP contribution < -0.4 is 14.5 Å². The zero-order valence-corrected chi connectivity index (χ0v) is 19.6. The van der Waals surface area contributed by atoms with Gasteiger partial charge in [-0.25, -0.2) is 13.4 Å². The average molecular weight is 531 g/mol. The first-order valence-electron chi connectivity index (χ1n) is 10.3. The topological polar surface area (TPSA) is 78.4 Å². The van der Waals surface area contributed by atoms with Crippen LogP contribution in [-0.2, 0) is 35.5 Å². The van der Waals surface area contributed by atoms with Crippen molar-refractivity contribution in [3.8, 4) is 0 Å². The standard InChI is InChI=1S/C22H19F6N5O2S/c1-32(36(2,34)35)18-5-3-4-13-11-33(12-16(13)18)19-17(22(26,27)28)10-29-20(31-19)30-15-8-6-14(7-9-15)21(23,24)25/h3-10H,11-12H2,1-2H3,(H,29,30,31). The number of anilines is 4.